The summed E-state index contributed by atoms with van der Waals surface area (Å²) in [6, 6.07) is 7.49. The monoisotopic (exact) mass is 413 g/mol. The van der Waals surface area contributed by atoms with Gasteiger partial charge in [0.2, 0.25) is 5.88 Å². The van der Waals surface area contributed by atoms with E-state index in [-0.39, 0.29) is 17.8 Å². The van der Waals surface area contributed by atoms with Gasteiger partial charge in [-0.05, 0) is 43.9 Å². The zero-order valence-corrected chi connectivity index (χ0v) is 15.6. The third-order valence-corrected chi connectivity index (χ3v) is 4.70. The average molecular weight is 414 g/mol. The van der Waals surface area contributed by atoms with Gasteiger partial charge >= 0.3 is 12.2 Å². The number of benzene rings is 1. The molecule has 0 unspecified atom stereocenters. The number of amides is 2. The number of carbonyl (C=O) groups excluding carboxylic acids is 1. The molecule has 2 N–H and O–H groups in total. The van der Waals surface area contributed by atoms with E-state index in [0.717, 1.165) is 6.07 Å². The highest BCUT2D eigenvalue weighted by molar-refractivity contribution is 6.30. The Bertz CT molecular complexity index is 807. The second-order valence-corrected chi connectivity index (χ2v) is 6.98. The Morgan fingerprint density at radius 3 is 2.46 bits per heavy atom. The maximum atomic E-state index is 13.0. The molecule has 1 heterocycles. The standard InChI is InChI=1S/C19H19ClF3N3O2/c20-12-5-10-17(24-11-12)28-14-8-6-13(7-9-14)25-18(27)26-16-4-2-1-3-15(16)19(21,22)23/h1-5,10-11,13-14H,6-9H2,(H2,25,26,27). The number of rotatable bonds is 4. The first-order chi connectivity index (χ1) is 13.3. The topological polar surface area (TPSA) is 63.2 Å². The SMILES string of the molecule is O=C(Nc1ccccc1C(F)(F)F)NC1CCC(Oc2ccc(Cl)cn2)CC1. The molecule has 1 aromatic heterocycles. The third kappa shape index (κ3) is 5.51. The molecule has 1 saturated carbocycles. The maximum Gasteiger partial charge on any atom is 0.418 e. The Hall–Kier alpha value is -2.48. The minimum atomic E-state index is -4.53. The molecule has 0 bridgehead atoms. The van der Waals surface area contributed by atoms with Crippen molar-refractivity contribution in [1.82, 2.24) is 10.3 Å². The molecule has 1 fully saturated rings. The van der Waals surface area contributed by atoms with Crippen molar-refractivity contribution in [2.75, 3.05) is 5.32 Å². The molecule has 1 aromatic carbocycles. The van der Waals surface area contributed by atoms with Gasteiger partial charge in [0.05, 0.1) is 16.3 Å². The first-order valence-electron chi connectivity index (χ1n) is 8.83. The van der Waals surface area contributed by atoms with E-state index >= 15 is 0 Å². The van der Waals surface area contributed by atoms with Gasteiger partial charge in [0, 0.05) is 18.3 Å². The fourth-order valence-electron chi connectivity index (χ4n) is 3.11. The van der Waals surface area contributed by atoms with Crippen molar-refractivity contribution in [3.05, 3.63) is 53.2 Å². The molecule has 0 aliphatic heterocycles. The fraction of sp³-hybridized carbons (Fsp3) is 0.368. The van der Waals surface area contributed by atoms with E-state index in [9.17, 15) is 18.0 Å². The summed E-state index contributed by atoms with van der Waals surface area (Å²) in [7, 11) is 0. The Morgan fingerprint density at radius 1 is 1.11 bits per heavy atom. The normalized spacial score (nSPS) is 19.7. The number of nitrogens with zero attached hydrogens (tertiary/aromatic N) is 1. The summed E-state index contributed by atoms with van der Waals surface area (Å²) in [6.45, 7) is 0. The van der Waals surface area contributed by atoms with Crippen LogP contribution in [0.5, 0.6) is 5.88 Å². The number of para-hydroxylation sites is 1. The van der Waals surface area contributed by atoms with Crippen LogP contribution in [0.25, 0.3) is 0 Å². The number of urea groups is 1. The van der Waals surface area contributed by atoms with Crippen LogP contribution >= 0.6 is 11.6 Å². The molecule has 0 saturated heterocycles. The lowest BCUT2D eigenvalue weighted by atomic mass is 9.93. The lowest BCUT2D eigenvalue weighted by Crippen LogP contribution is -2.42. The Morgan fingerprint density at radius 2 is 1.82 bits per heavy atom. The van der Waals surface area contributed by atoms with Crippen molar-refractivity contribution >= 4 is 23.3 Å². The van der Waals surface area contributed by atoms with Crippen LogP contribution in [0, 0.1) is 0 Å². The van der Waals surface area contributed by atoms with Crippen LogP contribution in [0.1, 0.15) is 31.2 Å². The molecule has 0 radical (unpaired) electrons. The van der Waals surface area contributed by atoms with Gasteiger partial charge in [-0.25, -0.2) is 9.78 Å². The molecule has 0 spiro atoms. The summed E-state index contributed by atoms with van der Waals surface area (Å²) in [5.41, 5.74) is -1.14. The summed E-state index contributed by atoms with van der Waals surface area (Å²) >= 11 is 5.79. The second kappa shape index (κ2) is 8.68. The lowest BCUT2D eigenvalue weighted by molar-refractivity contribution is -0.136. The van der Waals surface area contributed by atoms with Gasteiger partial charge in [0.15, 0.2) is 0 Å². The molecule has 5 nitrogen and oxygen atoms in total. The van der Waals surface area contributed by atoms with Crippen LogP contribution in [0.3, 0.4) is 0 Å². The van der Waals surface area contributed by atoms with E-state index in [1.54, 1.807) is 12.1 Å². The number of carbonyl (C=O) groups is 1. The first kappa shape index (κ1) is 20.3. The van der Waals surface area contributed by atoms with Crippen LogP contribution in [0.4, 0.5) is 23.7 Å². The molecule has 9 heteroatoms. The highest BCUT2D eigenvalue weighted by Crippen LogP contribution is 2.34. The van der Waals surface area contributed by atoms with Gasteiger partial charge in [-0.3, -0.25) is 0 Å². The van der Waals surface area contributed by atoms with Gasteiger partial charge in [-0.15, -0.1) is 0 Å². The molecule has 1 aliphatic rings. The number of ether oxygens (including phenoxy) is 1. The largest absolute Gasteiger partial charge is 0.474 e. The van der Waals surface area contributed by atoms with Gasteiger partial charge in [0.25, 0.3) is 0 Å². The predicted molar refractivity (Wildman–Crippen MR) is 99.5 cm³/mol. The van der Waals surface area contributed by atoms with Gasteiger partial charge in [0.1, 0.15) is 6.10 Å². The minimum Gasteiger partial charge on any atom is -0.474 e. The lowest BCUT2D eigenvalue weighted by Gasteiger charge is -2.29. The Kier molecular flexibility index (Phi) is 6.28. The fourth-order valence-corrected chi connectivity index (χ4v) is 3.22. The summed E-state index contributed by atoms with van der Waals surface area (Å²) < 4.78 is 44.8. The van der Waals surface area contributed by atoms with Gasteiger partial charge in [-0.1, -0.05) is 23.7 Å². The van der Waals surface area contributed by atoms with Crippen molar-refractivity contribution in [3.8, 4) is 5.88 Å². The van der Waals surface area contributed by atoms with Gasteiger partial charge < -0.3 is 15.4 Å². The van der Waals surface area contributed by atoms with E-state index < -0.39 is 17.8 Å². The summed E-state index contributed by atoms with van der Waals surface area (Å²) in [5.74, 6) is 0.488. The van der Waals surface area contributed by atoms with Crippen LogP contribution in [0.15, 0.2) is 42.6 Å². The Labute approximate surface area is 165 Å². The van der Waals surface area contributed by atoms with Crippen molar-refractivity contribution < 1.29 is 22.7 Å². The number of anilines is 1. The number of alkyl halides is 3. The third-order valence-electron chi connectivity index (χ3n) is 4.48. The number of pyridine rings is 1. The van der Waals surface area contributed by atoms with Crippen LogP contribution in [-0.2, 0) is 6.18 Å². The number of halogens is 4. The smallest absolute Gasteiger partial charge is 0.418 e. The van der Waals surface area contributed by atoms with E-state index in [1.807, 2.05) is 0 Å². The Balaban J connectivity index is 1.48. The molecule has 28 heavy (non-hydrogen) atoms. The molecule has 1 aliphatic carbocycles. The number of hydrogen-bond acceptors (Lipinski definition) is 3. The maximum absolute atomic E-state index is 13.0. The highest BCUT2D eigenvalue weighted by Gasteiger charge is 2.33. The molecular weight excluding hydrogens is 395 g/mol. The summed E-state index contributed by atoms with van der Waals surface area (Å²) in [5, 5.41) is 5.56. The van der Waals surface area contributed by atoms with E-state index in [0.29, 0.717) is 36.6 Å². The predicted octanol–water partition coefficient (Wildman–Crippen LogP) is 5.27. The molecule has 150 valence electrons. The molecule has 0 atom stereocenters. The summed E-state index contributed by atoms with van der Waals surface area (Å²) in [6.07, 6.45) is -0.329. The van der Waals surface area contributed by atoms with Crippen molar-refractivity contribution in [2.24, 2.45) is 0 Å². The molecule has 2 amide bonds. The van der Waals surface area contributed by atoms with E-state index in [4.69, 9.17) is 16.3 Å². The average Bonchev–Trinajstić information content (AvgIpc) is 2.65. The zero-order valence-electron chi connectivity index (χ0n) is 14.8. The first-order valence-corrected chi connectivity index (χ1v) is 9.21. The van der Waals surface area contributed by atoms with Crippen LogP contribution in [-0.4, -0.2) is 23.2 Å². The van der Waals surface area contributed by atoms with Crippen LogP contribution in [0.2, 0.25) is 5.02 Å². The molecule has 2 aromatic rings. The molecular formula is C19H19ClF3N3O2. The van der Waals surface area contributed by atoms with E-state index in [2.05, 4.69) is 15.6 Å². The minimum absolute atomic E-state index is 0.0271. The number of nitrogens with one attached hydrogen (secondary N) is 2. The zero-order chi connectivity index (χ0) is 20.1. The second-order valence-electron chi connectivity index (χ2n) is 6.55. The quantitative estimate of drug-likeness (QED) is 0.718. The van der Waals surface area contributed by atoms with Crippen LogP contribution < -0.4 is 15.4 Å². The number of hydrogen-bond donors (Lipinski definition) is 2. The van der Waals surface area contributed by atoms with Crippen molar-refractivity contribution in [1.29, 1.82) is 0 Å². The molecule has 3 rings (SSSR count). The van der Waals surface area contributed by atoms with Crippen molar-refractivity contribution in [3.63, 3.8) is 0 Å². The van der Waals surface area contributed by atoms with Crippen molar-refractivity contribution in [2.45, 2.75) is 44.0 Å². The number of aromatic nitrogens is 1. The highest BCUT2D eigenvalue weighted by atomic mass is 35.5. The summed E-state index contributed by atoms with van der Waals surface area (Å²) in [4.78, 5) is 16.2. The van der Waals surface area contributed by atoms with E-state index in [1.165, 1.54) is 24.4 Å². The van der Waals surface area contributed by atoms with Gasteiger partial charge in [-0.2, -0.15) is 13.2 Å².